The molecule has 0 saturated heterocycles. The van der Waals surface area contributed by atoms with Crippen molar-refractivity contribution >= 4 is 17.8 Å². The van der Waals surface area contributed by atoms with Crippen molar-refractivity contribution in [3.8, 4) is 28.1 Å². The third kappa shape index (κ3) is 7.94. The van der Waals surface area contributed by atoms with Gasteiger partial charge in [-0.3, -0.25) is 9.59 Å². The summed E-state index contributed by atoms with van der Waals surface area (Å²) in [4.78, 5) is 43.4. The number of amides is 2. The van der Waals surface area contributed by atoms with Crippen LogP contribution < -0.4 is 10.1 Å². The lowest BCUT2D eigenvalue weighted by Crippen LogP contribution is -2.41. The molecule has 1 unspecified atom stereocenters. The summed E-state index contributed by atoms with van der Waals surface area (Å²) in [6.45, 7) is -0.401. The Morgan fingerprint density at radius 3 is 2.29 bits per heavy atom. The van der Waals surface area contributed by atoms with Crippen molar-refractivity contribution in [3.63, 3.8) is 0 Å². The number of nitrogens with zero attached hydrogens (tertiary/aromatic N) is 3. The predicted octanol–water partition coefficient (Wildman–Crippen LogP) is 4.41. The van der Waals surface area contributed by atoms with Gasteiger partial charge in [0.2, 0.25) is 0 Å². The molecule has 0 spiro atoms. The lowest BCUT2D eigenvalue weighted by atomic mass is 9.99. The van der Waals surface area contributed by atoms with Crippen LogP contribution in [0.3, 0.4) is 0 Å². The average Bonchev–Trinajstić information content (AvgIpc) is 3.37. The van der Waals surface area contributed by atoms with Crippen molar-refractivity contribution in [1.82, 2.24) is 19.8 Å². The van der Waals surface area contributed by atoms with Gasteiger partial charge in [-0.25, -0.2) is 4.79 Å². The number of hydrogen-bond acceptors (Lipinski definition) is 7. The van der Waals surface area contributed by atoms with Crippen LogP contribution in [0.4, 0.5) is 26.3 Å². The second-order valence-electron chi connectivity index (χ2n) is 10.3. The Balaban J connectivity index is 1.78. The number of ether oxygens (including phenoxy) is 1. The van der Waals surface area contributed by atoms with Gasteiger partial charge in [-0.1, -0.05) is 24.3 Å². The molecule has 0 bridgehead atoms. The number of likely N-dealkylation sites (N-methyl/N-ethyl adjacent to an activating group) is 1. The highest BCUT2D eigenvalue weighted by molar-refractivity contribution is 5.99. The van der Waals surface area contributed by atoms with Gasteiger partial charge >= 0.3 is 18.5 Å². The number of halogens is 6. The number of hydrogen-bond donors (Lipinski definition) is 2. The molecule has 1 aromatic heterocycles. The summed E-state index contributed by atoms with van der Waals surface area (Å²) >= 11 is 0. The van der Waals surface area contributed by atoms with Gasteiger partial charge in [0.15, 0.2) is 0 Å². The van der Waals surface area contributed by atoms with Gasteiger partial charge in [-0.2, -0.15) is 18.2 Å². The van der Waals surface area contributed by atoms with Crippen molar-refractivity contribution in [2.75, 3.05) is 40.3 Å². The molecule has 1 atom stereocenters. The van der Waals surface area contributed by atoms with E-state index in [4.69, 9.17) is 0 Å². The molecule has 2 N–H and O–H groups in total. The topological polar surface area (TPSA) is 113 Å². The van der Waals surface area contributed by atoms with Gasteiger partial charge in [-0.15, -0.1) is 13.2 Å². The van der Waals surface area contributed by atoms with Crippen molar-refractivity contribution in [2.45, 2.75) is 25.0 Å². The second kappa shape index (κ2) is 13.2. The maximum Gasteiger partial charge on any atom is 0.573 e. The van der Waals surface area contributed by atoms with E-state index in [2.05, 4.69) is 14.9 Å². The van der Waals surface area contributed by atoms with E-state index in [0.717, 1.165) is 12.1 Å². The zero-order chi connectivity index (χ0) is 33.1. The van der Waals surface area contributed by atoms with Crippen molar-refractivity contribution in [2.24, 2.45) is 0 Å². The van der Waals surface area contributed by atoms with E-state index in [1.807, 2.05) is 0 Å². The van der Waals surface area contributed by atoms with E-state index in [1.165, 1.54) is 42.5 Å². The summed E-state index contributed by atoms with van der Waals surface area (Å²) in [5, 5.41) is 12.7. The molecule has 4 rings (SSSR count). The molecule has 10 nitrogen and oxygen atoms in total. The minimum absolute atomic E-state index is 0.0695. The second-order valence-corrected chi connectivity index (χ2v) is 10.3. The highest BCUT2D eigenvalue weighted by atomic mass is 19.4. The van der Waals surface area contributed by atoms with E-state index in [-0.39, 0.29) is 49.5 Å². The highest BCUT2D eigenvalue weighted by Crippen LogP contribution is 2.40. The van der Waals surface area contributed by atoms with Gasteiger partial charge in [0.25, 0.3) is 11.8 Å². The molecule has 1 aliphatic rings. The Labute approximate surface area is 252 Å². The number of nitrogens with one attached hydrogen (secondary N) is 1. The van der Waals surface area contributed by atoms with E-state index in [9.17, 15) is 45.8 Å². The van der Waals surface area contributed by atoms with Crippen LogP contribution in [-0.2, 0) is 9.63 Å². The molecule has 0 saturated carbocycles. The SMILES string of the molecule is CN(C)CCN(OC(=O)C(F)(F)F)C(=O)c1ccc(-c2c(-c3cccc(OC(F)(F)F)c3)cc3n2C(CCO)CNC3=O)cc1. The molecular weight excluding hydrogens is 614 g/mol. The summed E-state index contributed by atoms with van der Waals surface area (Å²) in [6.07, 6.45) is -10.1. The van der Waals surface area contributed by atoms with Crippen molar-refractivity contribution in [3.05, 3.63) is 65.9 Å². The van der Waals surface area contributed by atoms with Gasteiger partial charge in [-0.05, 0) is 62.0 Å². The Morgan fingerprint density at radius 1 is 1.00 bits per heavy atom. The smallest absolute Gasteiger partial charge is 0.406 e. The first-order chi connectivity index (χ1) is 21.1. The van der Waals surface area contributed by atoms with Crippen LogP contribution in [0.15, 0.2) is 54.6 Å². The van der Waals surface area contributed by atoms with E-state index >= 15 is 0 Å². The van der Waals surface area contributed by atoms with Crippen LogP contribution >= 0.6 is 0 Å². The zero-order valence-electron chi connectivity index (χ0n) is 23.9. The maximum atomic E-state index is 13.1. The molecule has 0 aliphatic carbocycles. The normalized spacial score (nSPS) is 15.0. The summed E-state index contributed by atoms with van der Waals surface area (Å²) in [7, 11) is 3.21. The van der Waals surface area contributed by atoms with Crippen LogP contribution in [0, 0.1) is 0 Å². The number of hydroxylamine groups is 2. The summed E-state index contributed by atoms with van der Waals surface area (Å²) in [5.74, 6) is -4.57. The molecule has 45 heavy (non-hydrogen) atoms. The van der Waals surface area contributed by atoms with Gasteiger partial charge in [0, 0.05) is 30.8 Å². The highest BCUT2D eigenvalue weighted by Gasteiger charge is 2.43. The number of carbonyl (C=O) groups is 3. The molecule has 2 aromatic carbocycles. The average molecular weight is 643 g/mol. The predicted molar refractivity (Wildman–Crippen MR) is 147 cm³/mol. The van der Waals surface area contributed by atoms with Crippen LogP contribution in [-0.4, -0.2) is 90.3 Å². The Bertz CT molecular complexity index is 1550. The molecule has 1 aliphatic heterocycles. The minimum Gasteiger partial charge on any atom is -0.406 e. The number of aliphatic hydroxyl groups excluding tert-OH is 1. The van der Waals surface area contributed by atoms with Crippen LogP contribution in [0.5, 0.6) is 5.75 Å². The first kappa shape index (κ1) is 33.3. The van der Waals surface area contributed by atoms with Gasteiger partial charge in [0.05, 0.1) is 18.3 Å². The Morgan fingerprint density at radius 2 is 1.69 bits per heavy atom. The number of alkyl halides is 6. The number of aliphatic hydroxyl groups is 1. The fourth-order valence-corrected chi connectivity index (χ4v) is 4.77. The lowest BCUT2D eigenvalue weighted by Gasteiger charge is -2.28. The van der Waals surface area contributed by atoms with E-state index in [1.54, 1.807) is 23.6 Å². The molecular formula is C29H28F6N4O6. The summed E-state index contributed by atoms with van der Waals surface area (Å²) < 4.78 is 83.2. The fourth-order valence-electron chi connectivity index (χ4n) is 4.77. The van der Waals surface area contributed by atoms with E-state index in [0.29, 0.717) is 21.9 Å². The molecule has 242 valence electrons. The number of rotatable bonds is 9. The quantitative estimate of drug-likeness (QED) is 0.263. The minimum atomic E-state index is -5.34. The largest absolute Gasteiger partial charge is 0.573 e. The molecule has 0 radical (unpaired) electrons. The van der Waals surface area contributed by atoms with Crippen LogP contribution in [0.25, 0.3) is 22.4 Å². The summed E-state index contributed by atoms with van der Waals surface area (Å²) in [5.41, 5.74) is 1.39. The molecule has 2 heterocycles. The van der Waals surface area contributed by atoms with Crippen molar-refractivity contribution in [1.29, 1.82) is 0 Å². The number of fused-ring (bicyclic) bond motifs is 1. The third-order valence-corrected chi connectivity index (χ3v) is 6.78. The van der Waals surface area contributed by atoms with Gasteiger partial charge in [0.1, 0.15) is 11.4 Å². The first-order valence-electron chi connectivity index (χ1n) is 13.5. The van der Waals surface area contributed by atoms with Gasteiger partial charge < -0.3 is 29.5 Å². The molecule has 3 aromatic rings. The van der Waals surface area contributed by atoms with E-state index < -0.39 is 42.1 Å². The summed E-state index contributed by atoms with van der Waals surface area (Å²) in [6, 6.07) is 11.6. The molecule has 16 heteroatoms. The maximum absolute atomic E-state index is 13.1. The zero-order valence-corrected chi connectivity index (χ0v) is 23.9. The molecule has 0 fully saturated rings. The Kier molecular flexibility index (Phi) is 9.77. The monoisotopic (exact) mass is 642 g/mol. The van der Waals surface area contributed by atoms with Crippen molar-refractivity contribution < 1.29 is 55.4 Å². The molecule has 2 amide bonds. The Hall–Kier alpha value is -4.57. The lowest BCUT2D eigenvalue weighted by molar-refractivity contribution is -0.274. The number of benzene rings is 2. The third-order valence-electron chi connectivity index (χ3n) is 6.78. The van der Waals surface area contributed by atoms with Crippen LogP contribution in [0.2, 0.25) is 0 Å². The number of aromatic nitrogens is 1. The van der Waals surface area contributed by atoms with Crippen LogP contribution in [0.1, 0.15) is 33.3 Å². The fraction of sp³-hybridized carbons (Fsp3) is 0.345. The first-order valence-corrected chi connectivity index (χ1v) is 13.5. The number of carbonyl (C=O) groups excluding carboxylic acids is 3. The standard InChI is InChI=1S/C29H28F6N4O6/c1-37(2)11-12-38(45-27(43)28(30,31)32)26(42)18-8-6-17(7-9-18)24-22(19-4-3-5-21(14-19)44-29(33,34)35)15-23-25(41)36-16-20(10-13-40)39(23)24/h3-9,14-15,20,40H,10-13,16H2,1-2H3,(H,36,41).